The summed E-state index contributed by atoms with van der Waals surface area (Å²) in [5.41, 5.74) is -3.61. The van der Waals surface area contributed by atoms with E-state index in [1.807, 2.05) is 19.1 Å². The van der Waals surface area contributed by atoms with Crippen molar-refractivity contribution in [3.63, 3.8) is 0 Å². The van der Waals surface area contributed by atoms with Crippen LogP contribution in [0.4, 0.5) is 52.7 Å². The summed E-state index contributed by atoms with van der Waals surface area (Å²) in [4.78, 5) is 0. The molecule has 0 unspecified atom stereocenters. The van der Waals surface area contributed by atoms with E-state index >= 15 is 22.0 Å². The Morgan fingerprint density at radius 1 is 0.558 bits per heavy atom. The van der Waals surface area contributed by atoms with Crippen molar-refractivity contribution in [2.24, 2.45) is 0 Å². The maximum absolute atomic E-state index is 15.3. The minimum Gasteiger partial charge on any atom is -0.423 e. The fourth-order valence-electron chi connectivity index (χ4n) is 5.22. The molecule has 5 rings (SSSR count). The van der Waals surface area contributed by atoms with Gasteiger partial charge in [-0.05, 0) is 96.1 Å². The van der Waals surface area contributed by atoms with Crippen LogP contribution in [0.15, 0.2) is 84.9 Å². The van der Waals surface area contributed by atoms with Crippen molar-refractivity contribution >= 4 is 11.6 Å². The minimum absolute atomic E-state index is 0.0114. The maximum atomic E-state index is 15.3. The zero-order valence-corrected chi connectivity index (χ0v) is 27.0. The van der Waals surface area contributed by atoms with Gasteiger partial charge in [0.15, 0.2) is 29.0 Å². The summed E-state index contributed by atoms with van der Waals surface area (Å²) in [6.07, 6.45) is -4.74. The Labute approximate surface area is 292 Å². The monoisotopic (exact) mass is 760 g/mol. The smallest absolute Gasteiger partial charge is 0.423 e. The van der Waals surface area contributed by atoms with E-state index in [9.17, 15) is 30.7 Å². The first kappa shape index (κ1) is 38.1. The van der Waals surface area contributed by atoms with E-state index < -0.39 is 97.5 Å². The van der Waals surface area contributed by atoms with Gasteiger partial charge in [-0.3, -0.25) is 0 Å². The molecule has 0 saturated heterocycles. The largest absolute Gasteiger partial charge is 0.573 e. The third-order valence-corrected chi connectivity index (χ3v) is 7.86. The first-order valence-corrected chi connectivity index (χ1v) is 15.3. The molecule has 0 bridgehead atoms. The van der Waals surface area contributed by atoms with Crippen LogP contribution in [0.3, 0.4) is 0 Å². The number of halogens is 13. The van der Waals surface area contributed by atoms with Crippen LogP contribution in [-0.2, 0) is 12.5 Å². The van der Waals surface area contributed by atoms with Crippen LogP contribution in [0, 0.1) is 40.7 Å². The number of alkyl halides is 5. The molecule has 0 saturated carbocycles. The Balaban J connectivity index is 1.41. The molecule has 2 nitrogen and oxygen atoms in total. The summed E-state index contributed by atoms with van der Waals surface area (Å²) >= 11 is 6.02. The number of allylic oxidation sites excluding steroid dienone is 2. The van der Waals surface area contributed by atoms with E-state index in [0.717, 1.165) is 30.5 Å². The van der Waals surface area contributed by atoms with E-state index in [-0.39, 0.29) is 23.8 Å². The molecule has 52 heavy (non-hydrogen) atoms. The number of rotatable bonds is 10. The van der Waals surface area contributed by atoms with E-state index in [1.54, 1.807) is 24.3 Å². The van der Waals surface area contributed by atoms with Crippen LogP contribution in [0.2, 0.25) is 5.02 Å². The van der Waals surface area contributed by atoms with Gasteiger partial charge in [-0.15, -0.1) is 13.2 Å². The van der Waals surface area contributed by atoms with Crippen molar-refractivity contribution in [1.29, 1.82) is 0 Å². The Hall–Kier alpha value is -5.11. The van der Waals surface area contributed by atoms with Crippen LogP contribution >= 0.6 is 11.6 Å². The van der Waals surface area contributed by atoms with Crippen LogP contribution in [0.25, 0.3) is 33.4 Å². The Morgan fingerprint density at radius 3 is 1.52 bits per heavy atom. The van der Waals surface area contributed by atoms with Crippen molar-refractivity contribution < 1.29 is 62.2 Å². The lowest BCUT2D eigenvalue weighted by molar-refractivity contribution is -0.276. The molecule has 0 atom stereocenters. The average Bonchev–Trinajstić information content (AvgIpc) is 3.04. The summed E-state index contributed by atoms with van der Waals surface area (Å²) in [6.45, 7) is 1.88. The quantitative estimate of drug-likeness (QED) is 0.104. The Kier molecular flexibility index (Phi) is 10.9. The molecular weight excluding hydrogens is 740 g/mol. The average molecular weight is 761 g/mol. The lowest BCUT2D eigenvalue weighted by atomic mass is 9.97. The predicted octanol–water partition coefficient (Wildman–Crippen LogP) is 12.9. The van der Waals surface area contributed by atoms with Crippen molar-refractivity contribution in [3.8, 4) is 44.9 Å². The SMILES string of the molecule is CC=CCCc1ccc(-c2cc(F)c(OC(F)(F)c3cc(F)c(-c4cc(F)c(-c5cc(F)c(OC(F)(F)F)c(F)c5)c(F)c4)c(Cl)c3)c(F)c2)cc1. The molecule has 0 aliphatic rings. The number of hydrogen-bond acceptors (Lipinski definition) is 2. The third kappa shape index (κ3) is 8.33. The summed E-state index contributed by atoms with van der Waals surface area (Å²) < 4.78 is 179. The minimum atomic E-state index is -5.49. The molecule has 0 heterocycles. The fraction of sp³-hybridized carbons (Fsp3) is 0.135. The van der Waals surface area contributed by atoms with Crippen LogP contribution in [0.1, 0.15) is 24.5 Å². The molecule has 0 amide bonds. The second-order valence-corrected chi connectivity index (χ2v) is 11.5. The number of benzene rings is 5. The highest BCUT2D eigenvalue weighted by Crippen LogP contribution is 2.42. The summed E-state index contributed by atoms with van der Waals surface area (Å²) in [6, 6.07) is 9.89. The fourth-order valence-corrected chi connectivity index (χ4v) is 5.54. The zero-order valence-electron chi connectivity index (χ0n) is 26.2. The highest BCUT2D eigenvalue weighted by atomic mass is 35.5. The second-order valence-electron chi connectivity index (χ2n) is 11.1. The molecule has 272 valence electrons. The Morgan fingerprint density at radius 2 is 1.02 bits per heavy atom. The number of ether oxygens (including phenoxy) is 2. The van der Waals surface area contributed by atoms with E-state index in [1.165, 1.54) is 0 Å². The van der Waals surface area contributed by atoms with Gasteiger partial charge in [-0.2, -0.15) is 8.78 Å². The van der Waals surface area contributed by atoms with E-state index in [2.05, 4.69) is 9.47 Å². The molecular formula is C37H21ClF12O2. The molecule has 5 aromatic carbocycles. The predicted molar refractivity (Wildman–Crippen MR) is 168 cm³/mol. The van der Waals surface area contributed by atoms with Crippen LogP contribution < -0.4 is 9.47 Å². The number of hydrogen-bond donors (Lipinski definition) is 0. The van der Waals surface area contributed by atoms with Gasteiger partial charge >= 0.3 is 12.5 Å². The van der Waals surface area contributed by atoms with Gasteiger partial charge < -0.3 is 9.47 Å². The molecule has 0 aliphatic carbocycles. The second kappa shape index (κ2) is 14.9. The molecule has 0 aliphatic heterocycles. The van der Waals surface area contributed by atoms with Gasteiger partial charge in [0.2, 0.25) is 5.75 Å². The third-order valence-electron chi connectivity index (χ3n) is 7.56. The van der Waals surface area contributed by atoms with Gasteiger partial charge in [0.1, 0.15) is 17.5 Å². The maximum Gasteiger partial charge on any atom is 0.573 e. The molecule has 0 aromatic heterocycles. The zero-order chi connectivity index (χ0) is 38.1. The normalized spacial score (nSPS) is 12.1. The van der Waals surface area contributed by atoms with Crippen molar-refractivity contribution in [3.05, 3.63) is 142 Å². The molecule has 15 heteroatoms. The summed E-state index contributed by atoms with van der Waals surface area (Å²) in [5, 5.41) is -0.874. The van der Waals surface area contributed by atoms with Gasteiger partial charge in [0, 0.05) is 5.56 Å². The van der Waals surface area contributed by atoms with E-state index in [4.69, 9.17) is 11.6 Å². The van der Waals surface area contributed by atoms with Gasteiger partial charge in [0.05, 0.1) is 16.1 Å². The highest BCUT2D eigenvalue weighted by Gasteiger charge is 2.39. The molecule has 0 N–H and O–H groups in total. The van der Waals surface area contributed by atoms with Crippen molar-refractivity contribution in [2.45, 2.75) is 32.2 Å². The van der Waals surface area contributed by atoms with Crippen molar-refractivity contribution in [2.75, 3.05) is 0 Å². The molecule has 0 fully saturated rings. The lowest BCUT2D eigenvalue weighted by Crippen LogP contribution is -2.23. The van der Waals surface area contributed by atoms with Crippen LogP contribution in [0.5, 0.6) is 11.5 Å². The molecule has 0 spiro atoms. The number of aryl methyl sites for hydroxylation is 1. The summed E-state index contributed by atoms with van der Waals surface area (Å²) in [5.74, 6) is -15.1. The van der Waals surface area contributed by atoms with Gasteiger partial charge in [-0.1, -0.05) is 48.0 Å². The highest BCUT2D eigenvalue weighted by molar-refractivity contribution is 6.33. The topological polar surface area (TPSA) is 18.5 Å². The molecule has 5 aromatic rings. The van der Waals surface area contributed by atoms with Gasteiger partial charge in [0.25, 0.3) is 0 Å². The molecule has 0 radical (unpaired) electrons. The van der Waals surface area contributed by atoms with Crippen molar-refractivity contribution in [1.82, 2.24) is 0 Å². The van der Waals surface area contributed by atoms with Crippen LogP contribution in [-0.4, -0.2) is 6.36 Å². The first-order valence-electron chi connectivity index (χ1n) is 14.9. The lowest BCUT2D eigenvalue weighted by Gasteiger charge is -2.21. The first-order chi connectivity index (χ1) is 24.4. The summed E-state index contributed by atoms with van der Waals surface area (Å²) in [7, 11) is 0. The standard InChI is InChI=1S/C37H21ClF12O2/c1-2-3-4-5-18-6-8-19(9-7-18)20-10-28(42)34(29(43)11-20)51-36(46,47)23-16-24(38)32(27(41)17-23)21-12-25(39)33(26(40)13-21)22-14-30(44)35(31(45)15-22)52-37(48,49)50/h2-3,6-17H,4-5H2,1H3. The van der Waals surface area contributed by atoms with Gasteiger partial charge in [-0.25, -0.2) is 30.7 Å². The van der Waals surface area contributed by atoms with E-state index in [0.29, 0.717) is 23.8 Å². The Bertz CT molecular complexity index is 2070.